The van der Waals surface area contributed by atoms with Crippen molar-refractivity contribution in [2.45, 2.75) is 26.1 Å². The number of hydrogen-bond donors (Lipinski definition) is 0. The van der Waals surface area contributed by atoms with Gasteiger partial charge in [-0.15, -0.1) is 0 Å². The molecule has 4 heterocycles. The molecule has 7 heteroatoms. The van der Waals surface area contributed by atoms with Gasteiger partial charge >= 0.3 is 0 Å². The van der Waals surface area contributed by atoms with Gasteiger partial charge in [-0.25, -0.2) is 9.97 Å². The van der Waals surface area contributed by atoms with E-state index in [1.807, 2.05) is 6.07 Å². The van der Waals surface area contributed by atoms with Crippen LogP contribution < -0.4 is 4.90 Å². The summed E-state index contributed by atoms with van der Waals surface area (Å²) in [6.45, 7) is 5.65. The lowest BCUT2D eigenvalue weighted by Crippen LogP contribution is -2.46. The standard InChI is InChI=1S/C18H19N5O2/c1-12-9-23(10-13(2)25-12)18-21-7-15(16-8-19-4-5-20-16)17(22-18)14-3-6-24-11-14/h3-8,11-13H,9-10H2,1-2H3. The molecule has 0 radical (unpaired) electrons. The van der Waals surface area contributed by atoms with Crippen LogP contribution in [0.25, 0.3) is 22.5 Å². The topological polar surface area (TPSA) is 77.2 Å². The zero-order valence-electron chi connectivity index (χ0n) is 14.2. The van der Waals surface area contributed by atoms with Crippen molar-refractivity contribution in [1.82, 2.24) is 19.9 Å². The van der Waals surface area contributed by atoms with Gasteiger partial charge in [0.15, 0.2) is 0 Å². The highest BCUT2D eigenvalue weighted by molar-refractivity contribution is 5.78. The van der Waals surface area contributed by atoms with Crippen molar-refractivity contribution in [3.8, 4) is 22.5 Å². The van der Waals surface area contributed by atoms with Crippen LogP contribution in [0.1, 0.15) is 13.8 Å². The van der Waals surface area contributed by atoms with Crippen molar-refractivity contribution in [3.63, 3.8) is 0 Å². The Morgan fingerprint density at radius 2 is 1.92 bits per heavy atom. The van der Waals surface area contributed by atoms with E-state index < -0.39 is 0 Å². The molecule has 0 aliphatic carbocycles. The number of hydrogen-bond acceptors (Lipinski definition) is 7. The van der Waals surface area contributed by atoms with E-state index >= 15 is 0 Å². The van der Waals surface area contributed by atoms with E-state index in [2.05, 4.69) is 33.7 Å². The first-order valence-corrected chi connectivity index (χ1v) is 8.27. The predicted octanol–water partition coefficient (Wildman–Crippen LogP) is 2.81. The normalized spacial score (nSPS) is 20.6. The van der Waals surface area contributed by atoms with Crippen molar-refractivity contribution in [2.24, 2.45) is 0 Å². The first-order chi connectivity index (χ1) is 12.2. The zero-order chi connectivity index (χ0) is 17.2. The van der Waals surface area contributed by atoms with Gasteiger partial charge in [-0.2, -0.15) is 0 Å². The number of nitrogens with zero attached hydrogens (tertiary/aromatic N) is 5. The van der Waals surface area contributed by atoms with Crippen LogP contribution in [0.2, 0.25) is 0 Å². The van der Waals surface area contributed by atoms with Crippen LogP contribution in [-0.4, -0.2) is 45.2 Å². The first kappa shape index (κ1) is 15.7. The van der Waals surface area contributed by atoms with Crippen molar-refractivity contribution < 1.29 is 9.15 Å². The molecule has 0 spiro atoms. The molecule has 128 valence electrons. The van der Waals surface area contributed by atoms with E-state index in [4.69, 9.17) is 14.1 Å². The summed E-state index contributed by atoms with van der Waals surface area (Å²) in [6.07, 6.45) is 10.4. The van der Waals surface area contributed by atoms with Crippen molar-refractivity contribution >= 4 is 5.95 Å². The Balaban J connectivity index is 1.78. The van der Waals surface area contributed by atoms with Gasteiger partial charge in [0, 0.05) is 42.8 Å². The molecule has 0 bridgehead atoms. The van der Waals surface area contributed by atoms with Crippen LogP contribution >= 0.6 is 0 Å². The van der Waals surface area contributed by atoms with E-state index in [1.54, 1.807) is 37.3 Å². The number of furan rings is 1. The number of anilines is 1. The van der Waals surface area contributed by atoms with E-state index in [1.165, 1.54) is 0 Å². The molecule has 0 N–H and O–H groups in total. The van der Waals surface area contributed by atoms with Gasteiger partial charge < -0.3 is 14.1 Å². The Morgan fingerprint density at radius 3 is 2.60 bits per heavy atom. The third kappa shape index (κ3) is 3.23. The molecule has 0 saturated carbocycles. The Hall–Kier alpha value is -2.80. The highest BCUT2D eigenvalue weighted by Gasteiger charge is 2.25. The predicted molar refractivity (Wildman–Crippen MR) is 93.0 cm³/mol. The maximum absolute atomic E-state index is 5.80. The number of aromatic nitrogens is 4. The average Bonchev–Trinajstić information content (AvgIpc) is 3.16. The molecule has 3 aromatic heterocycles. The maximum atomic E-state index is 5.80. The van der Waals surface area contributed by atoms with E-state index in [0.717, 1.165) is 35.6 Å². The minimum atomic E-state index is 0.143. The first-order valence-electron chi connectivity index (χ1n) is 8.27. The summed E-state index contributed by atoms with van der Waals surface area (Å²) in [6, 6.07) is 1.89. The molecule has 1 aliphatic heterocycles. The summed E-state index contributed by atoms with van der Waals surface area (Å²) in [5.41, 5.74) is 3.23. The average molecular weight is 337 g/mol. The fraction of sp³-hybridized carbons (Fsp3) is 0.333. The van der Waals surface area contributed by atoms with Crippen molar-refractivity contribution in [3.05, 3.63) is 43.4 Å². The van der Waals surface area contributed by atoms with E-state index in [0.29, 0.717) is 5.95 Å². The third-order valence-electron chi connectivity index (χ3n) is 4.11. The molecule has 0 aromatic carbocycles. The van der Waals surface area contributed by atoms with Crippen LogP contribution in [0.4, 0.5) is 5.95 Å². The molecule has 0 amide bonds. The van der Waals surface area contributed by atoms with Gasteiger partial charge in [0.05, 0.1) is 42.3 Å². The van der Waals surface area contributed by atoms with Gasteiger partial charge in [-0.1, -0.05) is 0 Å². The number of morpholine rings is 1. The lowest BCUT2D eigenvalue weighted by atomic mass is 10.1. The third-order valence-corrected chi connectivity index (χ3v) is 4.11. The molecule has 2 atom stereocenters. The Morgan fingerprint density at radius 1 is 1.08 bits per heavy atom. The summed E-state index contributed by atoms with van der Waals surface area (Å²) in [5.74, 6) is 0.686. The van der Waals surface area contributed by atoms with Gasteiger partial charge in [-0.05, 0) is 19.9 Å². The second-order valence-electron chi connectivity index (χ2n) is 6.20. The van der Waals surface area contributed by atoms with Crippen molar-refractivity contribution in [2.75, 3.05) is 18.0 Å². The fourth-order valence-corrected chi connectivity index (χ4v) is 3.11. The van der Waals surface area contributed by atoms with Crippen molar-refractivity contribution in [1.29, 1.82) is 0 Å². The molecular weight excluding hydrogens is 318 g/mol. The van der Waals surface area contributed by atoms with Gasteiger partial charge in [0.2, 0.25) is 5.95 Å². The molecule has 1 aliphatic rings. The second kappa shape index (κ2) is 6.60. The minimum absolute atomic E-state index is 0.143. The van der Waals surface area contributed by atoms with Crippen LogP contribution in [0.15, 0.2) is 47.8 Å². The van der Waals surface area contributed by atoms with E-state index in [-0.39, 0.29) is 12.2 Å². The van der Waals surface area contributed by atoms with Crippen LogP contribution in [-0.2, 0) is 4.74 Å². The summed E-state index contributed by atoms with van der Waals surface area (Å²) < 4.78 is 11.1. The molecular formula is C18H19N5O2. The van der Waals surface area contributed by atoms with Crippen LogP contribution in [0.5, 0.6) is 0 Å². The Labute approximate surface area is 145 Å². The molecule has 3 aromatic rings. The fourth-order valence-electron chi connectivity index (χ4n) is 3.11. The second-order valence-corrected chi connectivity index (χ2v) is 6.20. The summed E-state index contributed by atoms with van der Waals surface area (Å²) in [7, 11) is 0. The quantitative estimate of drug-likeness (QED) is 0.727. The molecule has 4 rings (SSSR count). The molecule has 25 heavy (non-hydrogen) atoms. The lowest BCUT2D eigenvalue weighted by Gasteiger charge is -2.35. The van der Waals surface area contributed by atoms with E-state index in [9.17, 15) is 0 Å². The van der Waals surface area contributed by atoms with Crippen LogP contribution in [0.3, 0.4) is 0 Å². The highest BCUT2D eigenvalue weighted by Crippen LogP contribution is 2.30. The summed E-state index contributed by atoms with van der Waals surface area (Å²) in [5, 5.41) is 0. The van der Waals surface area contributed by atoms with Gasteiger partial charge in [0.25, 0.3) is 0 Å². The smallest absolute Gasteiger partial charge is 0.226 e. The molecule has 1 saturated heterocycles. The summed E-state index contributed by atoms with van der Waals surface area (Å²) >= 11 is 0. The Kier molecular flexibility index (Phi) is 4.15. The van der Waals surface area contributed by atoms with Gasteiger partial charge in [-0.3, -0.25) is 9.97 Å². The highest BCUT2D eigenvalue weighted by atomic mass is 16.5. The minimum Gasteiger partial charge on any atom is -0.472 e. The lowest BCUT2D eigenvalue weighted by molar-refractivity contribution is -0.00571. The molecule has 1 fully saturated rings. The molecule has 7 nitrogen and oxygen atoms in total. The largest absolute Gasteiger partial charge is 0.472 e. The Bertz CT molecular complexity index is 828. The summed E-state index contributed by atoms with van der Waals surface area (Å²) in [4.78, 5) is 20.1. The number of rotatable bonds is 3. The van der Waals surface area contributed by atoms with Crippen LogP contribution in [0, 0.1) is 0 Å². The SMILES string of the molecule is CC1CN(c2ncc(-c3cnccn3)c(-c3ccoc3)n2)CC(C)O1. The monoisotopic (exact) mass is 337 g/mol. The zero-order valence-corrected chi connectivity index (χ0v) is 14.2. The number of ether oxygens (including phenoxy) is 1. The maximum Gasteiger partial charge on any atom is 0.226 e. The molecule has 2 unspecified atom stereocenters. The van der Waals surface area contributed by atoms with Gasteiger partial charge in [0.1, 0.15) is 0 Å².